The summed E-state index contributed by atoms with van der Waals surface area (Å²) < 4.78 is 142. The van der Waals surface area contributed by atoms with Gasteiger partial charge in [0.05, 0.1) is 0 Å². The van der Waals surface area contributed by atoms with Crippen molar-refractivity contribution in [2.24, 2.45) is 5.92 Å². The van der Waals surface area contributed by atoms with E-state index < -0.39 is 51.7 Å². The molecule has 0 radical (unpaired) electrons. The largest absolute Gasteiger partial charge is 0.417 e. The Bertz CT molecular complexity index is 559. The molecule has 1 unspecified atom stereocenters. The fraction of sp³-hybridized carbons (Fsp3) is 0.714. The molecule has 0 aliphatic carbocycles. The zero-order valence-corrected chi connectivity index (χ0v) is 10.8. The third-order valence-electron chi connectivity index (χ3n) is 1.98. The lowest BCUT2D eigenvalue weighted by Gasteiger charge is -2.22. The summed E-state index contributed by atoms with van der Waals surface area (Å²) in [5.74, 6) is -11.5. The summed E-state index contributed by atoms with van der Waals surface area (Å²) in [5, 5.41) is -4.72. The lowest BCUT2D eigenvalue weighted by Crippen LogP contribution is -2.54. The van der Waals surface area contributed by atoms with Gasteiger partial charge >= 0.3 is 28.8 Å². The van der Waals surface area contributed by atoms with Crippen LogP contribution in [0.15, 0.2) is 0 Å². The third-order valence-corrected chi connectivity index (χ3v) is 3.02. The molecule has 1 atom stereocenters. The third kappa shape index (κ3) is 5.83. The van der Waals surface area contributed by atoms with Crippen LogP contribution in [0.3, 0.4) is 0 Å². The van der Waals surface area contributed by atoms with Crippen molar-refractivity contribution < 1.29 is 61.4 Å². The van der Waals surface area contributed by atoms with E-state index in [0.29, 0.717) is 0 Å². The molecule has 5 nitrogen and oxygen atoms in total. The number of carbonyl (C=O) groups is 2. The molecule has 1 N–H and O–H groups in total. The van der Waals surface area contributed by atoms with Gasteiger partial charge in [-0.1, -0.05) is 0 Å². The van der Waals surface area contributed by atoms with Crippen molar-refractivity contribution >= 4 is 22.0 Å². The summed E-state index contributed by atoms with van der Waals surface area (Å²) in [7, 11) is -6.82. The van der Waals surface area contributed by atoms with Crippen LogP contribution in [0.25, 0.3) is 0 Å². The molecule has 0 aromatic heterocycles. The van der Waals surface area contributed by atoms with Crippen LogP contribution < -0.4 is 5.32 Å². The van der Waals surface area contributed by atoms with Crippen molar-refractivity contribution in [3.05, 3.63) is 0 Å². The van der Waals surface area contributed by atoms with Crippen molar-refractivity contribution in [1.82, 2.24) is 5.32 Å². The van der Waals surface area contributed by atoms with Gasteiger partial charge in [0.25, 0.3) is 11.2 Å². The predicted molar refractivity (Wildman–Crippen MR) is 48.6 cm³/mol. The summed E-state index contributed by atoms with van der Waals surface area (Å²) in [5.41, 5.74) is 0. The average Bonchev–Trinajstić information content (AvgIpc) is 2.04. The molecule has 0 heterocycles. The molecule has 0 saturated heterocycles. The van der Waals surface area contributed by atoms with Gasteiger partial charge in [-0.15, -0.1) is 3.89 Å². The molecule has 0 fully saturated rings. The molecule has 0 bridgehead atoms. The summed E-state index contributed by atoms with van der Waals surface area (Å²) in [6, 6.07) is 0. The molecule has 16 heteroatoms. The first-order chi connectivity index (χ1) is 9.79. The molecular weight excluding hydrogens is 384 g/mol. The zero-order chi connectivity index (χ0) is 19.0. The van der Waals surface area contributed by atoms with E-state index in [9.17, 15) is 61.4 Å². The summed E-state index contributed by atoms with van der Waals surface area (Å²) in [4.78, 5) is 21.5. The number of amides is 2. The number of carbonyl (C=O) groups excluding carboxylic acids is 2. The Morgan fingerprint density at radius 3 is 1.30 bits per heavy atom. The van der Waals surface area contributed by atoms with Crippen LogP contribution in [0.2, 0.25) is 0 Å². The van der Waals surface area contributed by atoms with Gasteiger partial charge in [-0.05, 0) is 0 Å². The Morgan fingerprint density at radius 2 is 1.09 bits per heavy atom. The minimum atomic E-state index is -6.82. The number of alkyl halides is 9. The van der Waals surface area contributed by atoms with Crippen LogP contribution in [0.4, 0.5) is 43.4 Å². The van der Waals surface area contributed by atoms with Crippen molar-refractivity contribution in [2.75, 3.05) is 0 Å². The minimum absolute atomic E-state index is 0.0507. The number of nitrogens with one attached hydrogen (secondary N) is 1. The number of halogens is 10. The maximum Gasteiger partial charge on any atom is 0.417 e. The fourth-order valence-corrected chi connectivity index (χ4v) is 1.81. The first kappa shape index (κ1) is 21.4. The van der Waals surface area contributed by atoms with Gasteiger partial charge < -0.3 is 0 Å². The molecule has 0 aromatic rings. The molecule has 136 valence electrons. The van der Waals surface area contributed by atoms with E-state index in [1.807, 2.05) is 0 Å². The highest BCUT2D eigenvalue weighted by Crippen LogP contribution is 2.39. The van der Waals surface area contributed by atoms with E-state index in [4.69, 9.17) is 0 Å². The van der Waals surface area contributed by atoms with Gasteiger partial charge in [0.1, 0.15) is 0 Å². The Balaban J connectivity index is 5.63. The van der Waals surface area contributed by atoms with Gasteiger partial charge in [-0.25, -0.2) is 0 Å². The molecule has 0 rings (SSSR count). The Morgan fingerprint density at radius 1 is 0.739 bits per heavy atom. The SMILES string of the molecule is O=C(NC(=O)C(C(F)(F)F)S(=O)(=O)F)C(C(F)(F)F)C(F)(F)F. The molecule has 0 aliphatic heterocycles. The average molecular weight is 387 g/mol. The van der Waals surface area contributed by atoms with E-state index in [1.165, 1.54) is 0 Å². The summed E-state index contributed by atoms with van der Waals surface area (Å²) in [6.45, 7) is 0. The lowest BCUT2D eigenvalue weighted by molar-refractivity contribution is -0.274. The highest BCUT2D eigenvalue weighted by molar-refractivity contribution is 7.87. The first-order valence-corrected chi connectivity index (χ1v) is 6.22. The van der Waals surface area contributed by atoms with Crippen LogP contribution >= 0.6 is 0 Å². The Kier molecular flexibility index (Phi) is 5.69. The molecule has 2 amide bonds. The van der Waals surface area contributed by atoms with E-state index in [-0.39, 0.29) is 5.32 Å². The summed E-state index contributed by atoms with van der Waals surface area (Å²) in [6.07, 6.45) is -18.9. The van der Waals surface area contributed by atoms with Crippen molar-refractivity contribution in [3.8, 4) is 0 Å². The first-order valence-electron chi connectivity index (χ1n) is 4.78. The highest BCUT2D eigenvalue weighted by Gasteiger charge is 2.62. The van der Waals surface area contributed by atoms with Gasteiger partial charge in [-0.3, -0.25) is 14.9 Å². The monoisotopic (exact) mass is 387 g/mol. The van der Waals surface area contributed by atoms with Crippen molar-refractivity contribution in [2.45, 2.75) is 23.8 Å². The Hall–Kier alpha value is -1.61. The van der Waals surface area contributed by atoms with Gasteiger partial charge in [0.15, 0.2) is 0 Å². The second kappa shape index (κ2) is 6.12. The molecule has 0 aromatic carbocycles. The maximum atomic E-state index is 12.4. The maximum absolute atomic E-state index is 12.4. The normalized spacial score (nSPS) is 15.4. The van der Waals surface area contributed by atoms with E-state index in [2.05, 4.69) is 0 Å². The van der Waals surface area contributed by atoms with Crippen LogP contribution in [0.5, 0.6) is 0 Å². The highest BCUT2D eigenvalue weighted by atomic mass is 32.3. The number of hydrogen-bond acceptors (Lipinski definition) is 4. The van der Waals surface area contributed by atoms with Crippen molar-refractivity contribution in [1.29, 1.82) is 0 Å². The molecule has 0 saturated carbocycles. The quantitative estimate of drug-likeness (QED) is 0.590. The van der Waals surface area contributed by atoms with Crippen LogP contribution in [0.1, 0.15) is 0 Å². The molecule has 0 aliphatic rings. The fourth-order valence-electron chi connectivity index (χ4n) is 1.18. The van der Waals surface area contributed by atoms with Gasteiger partial charge in [-0.2, -0.15) is 47.9 Å². The van der Waals surface area contributed by atoms with Crippen LogP contribution in [-0.2, 0) is 19.8 Å². The van der Waals surface area contributed by atoms with E-state index in [0.717, 1.165) is 0 Å². The lowest BCUT2D eigenvalue weighted by atomic mass is 10.1. The van der Waals surface area contributed by atoms with E-state index in [1.54, 1.807) is 0 Å². The molecule has 23 heavy (non-hydrogen) atoms. The number of rotatable bonds is 3. The minimum Gasteiger partial charge on any atom is -0.294 e. The number of hydrogen-bond donors (Lipinski definition) is 1. The second-order valence-corrected chi connectivity index (χ2v) is 5.19. The van der Waals surface area contributed by atoms with Gasteiger partial charge in [0, 0.05) is 0 Å². The second-order valence-electron chi connectivity index (χ2n) is 3.77. The topological polar surface area (TPSA) is 80.3 Å². The van der Waals surface area contributed by atoms with E-state index >= 15 is 0 Å². The van der Waals surface area contributed by atoms with Crippen LogP contribution in [0, 0.1) is 5.92 Å². The standard InChI is InChI=1S/C7H3F10NO4S/c8-5(9,10)1(6(11,12)13)3(19)18-4(20)2(7(14,15)16)23(17,21)22/h1-2H,(H,18,19,20). The Labute approximate surface area is 119 Å². The van der Waals surface area contributed by atoms with Gasteiger partial charge in [0.2, 0.25) is 11.8 Å². The van der Waals surface area contributed by atoms with Crippen molar-refractivity contribution in [3.63, 3.8) is 0 Å². The number of imide groups is 1. The smallest absolute Gasteiger partial charge is 0.294 e. The molecule has 0 spiro atoms. The molecular formula is C7H3F10NO4S. The zero-order valence-electron chi connectivity index (χ0n) is 9.98. The van der Waals surface area contributed by atoms with Crippen LogP contribution in [-0.4, -0.2) is 44.0 Å². The predicted octanol–water partition coefficient (Wildman–Crippen LogP) is 1.60. The summed E-state index contributed by atoms with van der Waals surface area (Å²) >= 11 is 0.